The van der Waals surface area contributed by atoms with Gasteiger partial charge in [0.1, 0.15) is 5.82 Å². The lowest BCUT2D eigenvalue weighted by Crippen LogP contribution is -2.43. The van der Waals surface area contributed by atoms with Crippen molar-refractivity contribution in [1.29, 1.82) is 0 Å². The minimum atomic E-state index is -0.275. The third-order valence-corrected chi connectivity index (χ3v) is 5.17. The van der Waals surface area contributed by atoms with Crippen LogP contribution in [0.5, 0.6) is 0 Å². The molecular formula is C19H22FN3OS. The standard InChI is InChI=1S/C19H22FN3OS/c1-13-9-14(2)11-23(10-13)18(24)12-25-19-21-8-7-17(22-19)15-3-5-16(20)6-4-15/h3-8,13-14H,9-12H2,1-2H3. The summed E-state index contributed by atoms with van der Waals surface area (Å²) in [4.78, 5) is 23.1. The molecule has 4 nitrogen and oxygen atoms in total. The van der Waals surface area contributed by atoms with Gasteiger partial charge in [0, 0.05) is 24.8 Å². The molecule has 1 amide bonds. The van der Waals surface area contributed by atoms with Crippen LogP contribution in [0.15, 0.2) is 41.7 Å². The number of thioether (sulfide) groups is 1. The summed E-state index contributed by atoms with van der Waals surface area (Å²) < 4.78 is 13.0. The summed E-state index contributed by atoms with van der Waals surface area (Å²) in [5, 5.41) is 0.563. The van der Waals surface area contributed by atoms with E-state index in [0.717, 1.165) is 24.3 Å². The predicted octanol–water partition coefficient (Wildman–Crippen LogP) is 3.88. The Morgan fingerprint density at radius 3 is 2.56 bits per heavy atom. The second-order valence-electron chi connectivity index (χ2n) is 6.76. The Kier molecular flexibility index (Phi) is 5.68. The molecule has 1 aliphatic rings. The van der Waals surface area contributed by atoms with Crippen molar-refractivity contribution >= 4 is 17.7 Å². The molecule has 3 rings (SSSR count). The van der Waals surface area contributed by atoms with Gasteiger partial charge >= 0.3 is 0 Å². The Morgan fingerprint density at radius 2 is 1.88 bits per heavy atom. The first kappa shape index (κ1) is 17.9. The van der Waals surface area contributed by atoms with Gasteiger partial charge in [0.25, 0.3) is 0 Å². The molecule has 1 aromatic heterocycles. The van der Waals surface area contributed by atoms with Gasteiger partial charge in [-0.15, -0.1) is 0 Å². The Morgan fingerprint density at radius 1 is 1.20 bits per heavy atom. The van der Waals surface area contributed by atoms with Gasteiger partial charge < -0.3 is 4.90 Å². The fourth-order valence-corrected chi connectivity index (χ4v) is 4.01. The van der Waals surface area contributed by atoms with E-state index in [9.17, 15) is 9.18 Å². The molecular weight excluding hydrogens is 337 g/mol. The number of hydrogen-bond acceptors (Lipinski definition) is 4. The average molecular weight is 359 g/mol. The number of piperidine rings is 1. The second-order valence-corrected chi connectivity index (χ2v) is 7.71. The number of hydrogen-bond donors (Lipinski definition) is 0. The quantitative estimate of drug-likeness (QED) is 0.614. The van der Waals surface area contributed by atoms with E-state index in [-0.39, 0.29) is 11.7 Å². The third-order valence-electron chi connectivity index (χ3n) is 4.32. The van der Waals surface area contributed by atoms with E-state index < -0.39 is 0 Å². The molecule has 1 aliphatic heterocycles. The van der Waals surface area contributed by atoms with Gasteiger partial charge in [-0.2, -0.15) is 0 Å². The molecule has 2 atom stereocenters. The highest BCUT2D eigenvalue weighted by Gasteiger charge is 2.25. The molecule has 0 radical (unpaired) electrons. The highest BCUT2D eigenvalue weighted by molar-refractivity contribution is 7.99. The van der Waals surface area contributed by atoms with E-state index in [0.29, 0.717) is 22.7 Å². The van der Waals surface area contributed by atoms with Crippen molar-refractivity contribution in [2.75, 3.05) is 18.8 Å². The summed E-state index contributed by atoms with van der Waals surface area (Å²) in [5.41, 5.74) is 1.56. The van der Waals surface area contributed by atoms with Crippen LogP contribution >= 0.6 is 11.8 Å². The van der Waals surface area contributed by atoms with Crippen LogP contribution in [-0.4, -0.2) is 39.6 Å². The molecule has 0 saturated carbocycles. The van der Waals surface area contributed by atoms with Gasteiger partial charge in [0.15, 0.2) is 5.16 Å². The second kappa shape index (κ2) is 7.95. The maximum atomic E-state index is 13.0. The fraction of sp³-hybridized carbons (Fsp3) is 0.421. The lowest BCUT2D eigenvalue weighted by molar-refractivity contribution is -0.130. The monoisotopic (exact) mass is 359 g/mol. The zero-order valence-corrected chi connectivity index (χ0v) is 15.3. The molecule has 1 aromatic carbocycles. The molecule has 1 fully saturated rings. The smallest absolute Gasteiger partial charge is 0.233 e. The van der Waals surface area contributed by atoms with E-state index in [1.165, 1.54) is 30.3 Å². The van der Waals surface area contributed by atoms with Crippen molar-refractivity contribution in [1.82, 2.24) is 14.9 Å². The Bertz CT molecular complexity index is 728. The van der Waals surface area contributed by atoms with Crippen molar-refractivity contribution in [2.24, 2.45) is 11.8 Å². The van der Waals surface area contributed by atoms with Crippen molar-refractivity contribution in [3.8, 4) is 11.3 Å². The fourth-order valence-electron chi connectivity index (χ4n) is 3.28. The summed E-state index contributed by atoms with van der Waals surface area (Å²) in [5.74, 6) is 1.31. The largest absolute Gasteiger partial charge is 0.341 e. The number of halogens is 1. The number of carbonyl (C=O) groups is 1. The average Bonchev–Trinajstić information content (AvgIpc) is 2.60. The maximum Gasteiger partial charge on any atom is 0.233 e. The zero-order chi connectivity index (χ0) is 17.8. The van der Waals surface area contributed by atoms with Crippen LogP contribution in [0.1, 0.15) is 20.3 Å². The van der Waals surface area contributed by atoms with Gasteiger partial charge in [-0.25, -0.2) is 14.4 Å². The molecule has 1 saturated heterocycles. The van der Waals surface area contributed by atoms with Crippen LogP contribution in [0.3, 0.4) is 0 Å². The molecule has 0 bridgehead atoms. The highest BCUT2D eigenvalue weighted by Crippen LogP contribution is 2.24. The van der Waals surface area contributed by atoms with Crippen LogP contribution in [0, 0.1) is 17.7 Å². The van der Waals surface area contributed by atoms with Crippen LogP contribution in [0.2, 0.25) is 0 Å². The number of likely N-dealkylation sites (tertiary alicyclic amines) is 1. The first-order valence-electron chi connectivity index (χ1n) is 8.51. The number of nitrogens with zero attached hydrogens (tertiary/aromatic N) is 3. The minimum Gasteiger partial charge on any atom is -0.341 e. The number of benzene rings is 1. The van der Waals surface area contributed by atoms with Gasteiger partial charge in [-0.1, -0.05) is 25.6 Å². The summed E-state index contributed by atoms with van der Waals surface area (Å²) >= 11 is 1.35. The van der Waals surface area contributed by atoms with Gasteiger partial charge in [-0.3, -0.25) is 4.79 Å². The van der Waals surface area contributed by atoms with Crippen LogP contribution in [-0.2, 0) is 4.79 Å². The van der Waals surface area contributed by atoms with Crippen molar-refractivity contribution in [3.05, 3.63) is 42.3 Å². The van der Waals surface area contributed by atoms with Crippen molar-refractivity contribution in [3.63, 3.8) is 0 Å². The lowest BCUT2D eigenvalue weighted by Gasteiger charge is -2.34. The summed E-state index contributed by atoms with van der Waals surface area (Å²) in [6, 6.07) is 7.98. The van der Waals surface area contributed by atoms with Crippen LogP contribution in [0.4, 0.5) is 4.39 Å². The summed E-state index contributed by atoms with van der Waals surface area (Å²) in [6.07, 6.45) is 2.85. The highest BCUT2D eigenvalue weighted by atomic mass is 32.2. The molecule has 2 heterocycles. The SMILES string of the molecule is CC1CC(C)CN(C(=O)CSc2nccc(-c3ccc(F)cc3)n2)C1. The van der Waals surface area contributed by atoms with E-state index in [1.807, 2.05) is 4.90 Å². The molecule has 0 N–H and O–H groups in total. The van der Waals surface area contributed by atoms with Gasteiger partial charge in [0.05, 0.1) is 11.4 Å². The first-order valence-corrected chi connectivity index (χ1v) is 9.49. The summed E-state index contributed by atoms with van der Waals surface area (Å²) in [7, 11) is 0. The normalized spacial score (nSPS) is 20.5. The van der Waals surface area contributed by atoms with E-state index in [2.05, 4.69) is 23.8 Å². The summed E-state index contributed by atoms with van der Waals surface area (Å²) in [6.45, 7) is 6.05. The molecule has 25 heavy (non-hydrogen) atoms. The molecule has 2 unspecified atom stereocenters. The Labute approximate surface area is 151 Å². The predicted molar refractivity (Wildman–Crippen MR) is 97.7 cm³/mol. The van der Waals surface area contributed by atoms with Crippen molar-refractivity contribution < 1.29 is 9.18 Å². The lowest BCUT2D eigenvalue weighted by atomic mass is 9.92. The topological polar surface area (TPSA) is 46.1 Å². The Balaban J connectivity index is 1.62. The van der Waals surface area contributed by atoms with Crippen LogP contribution < -0.4 is 0 Å². The van der Waals surface area contributed by atoms with Gasteiger partial charge in [0.2, 0.25) is 5.91 Å². The first-order chi connectivity index (χ1) is 12.0. The van der Waals surface area contributed by atoms with Crippen LogP contribution in [0.25, 0.3) is 11.3 Å². The zero-order valence-electron chi connectivity index (χ0n) is 14.5. The molecule has 132 valence electrons. The molecule has 0 spiro atoms. The maximum absolute atomic E-state index is 13.0. The Hall–Kier alpha value is -1.95. The van der Waals surface area contributed by atoms with E-state index in [1.54, 1.807) is 24.4 Å². The minimum absolute atomic E-state index is 0.138. The van der Waals surface area contributed by atoms with Crippen molar-refractivity contribution in [2.45, 2.75) is 25.4 Å². The number of amides is 1. The number of aromatic nitrogens is 2. The molecule has 2 aromatic rings. The molecule has 6 heteroatoms. The molecule has 0 aliphatic carbocycles. The van der Waals surface area contributed by atoms with E-state index in [4.69, 9.17) is 0 Å². The number of rotatable bonds is 4. The van der Waals surface area contributed by atoms with E-state index >= 15 is 0 Å². The van der Waals surface area contributed by atoms with Gasteiger partial charge in [-0.05, 0) is 48.6 Å². The number of carbonyl (C=O) groups excluding carboxylic acids is 1. The third kappa shape index (κ3) is 4.78.